The second-order valence-electron chi connectivity index (χ2n) is 4.60. The summed E-state index contributed by atoms with van der Waals surface area (Å²) in [5.74, 6) is -1.27. The van der Waals surface area contributed by atoms with Crippen LogP contribution in [0.5, 0.6) is 0 Å². The molecule has 1 amide bonds. The third kappa shape index (κ3) is 4.00. The van der Waals surface area contributed by atoms with Crippen LogP contribution < -0.4 is 5.32 Å². The number of hydrogen-bond donors (Lipinski definition) is 2. The lowest BCUT2D eigenvalue weighted by atomic mass is 9.95. The Morgan fingerprint density at radius 2 is 2.00 bits per heavy atom. The number of hydrogen-bond acceptors (Lipinski definition) is 3. The minimum Gasteiger partial charge on any atom is -0.480 e. The van der Waals surface area contributed by atoms with Gasteiger partial charge in [-0.15, -0.1) is 0 Å². The van der Waals surface area contributed by atoms with Crippen LogP contribution in [0.2, 0.25) is 0 Å². The van der Waals surface area contributed by atoms with Crippen LogP contribution in [0.15, 0.2) is 0 Å². The summed E-state index contributed by atoms with van der Waals surface area (Å²) < 4.78 is 5.17. The van der Waals surface area contributed by atoms with E-state index in [1.807, 2.05) is 13.8 Å². The van der Waals surface area contributed by atoms with E-state index in [4.69, 9.17) is 9.84 Å². The Kier molecular flexibility index (Phi) is 5.41. The first kappa shape index (κ1) is 14.0. The SMILES string of the molecule is CCC(C)C(NC(=O)C1CCOCC1)C(=O)O. The summed E-state index contributed by atoms with van der Waals surface area (Å²) in [4.78, 5) is 23.0. The van der Waals surface area contributed by atoms with Gasteiger partial charge in [0.2, 0.25) is 5.91 Å². The van der Waals surface area contributed by atoms with Crippen molar-refractivity contribution < 1.29 is 19.4 Å². The molecule has 0 bridgehead atoms. The van der Waals surface area contributed by atoms with Gasteiger partial charge in [-0.1, -0.05) is 20.3 Å². The molecule has 0 aromatic heterocycles. The van der Waals surface area contributed by atoms with Crippen molar-refractivity contribution in [1.29, 1.82) is 0 Å². The average molecular weight is 243 g/mol. The third-order valence-corrected chi connectivity index (χ3v) is 3.37. The normalized spacial score (nSPS) is 20.6. The maximum absolute atomic E-state index is 11.9. The Balaban J connectivity index is 2.53. The van der Waals surface area contributed by atoms with Crippen LogP contribution in [-0.4, -0.2) is 36.2 Å². The largest absolute Gasteiger partial charge is 0.480 e. The summed E-state index contributed by atoms with van der Waals surface area (Å²) in [6.07, 6.45) is 2.09. The molecular weight excluding hydrogens is 222 g/mol. The van der Waals surface area contributed by atoms with Gasteiger partial charge in [0.05, 0.1) is 0 Å². The molecule has 5 heteroatoms. The summed E-state index contributed by atoms with van der Waals surface area (Å²) in [5.41, 5.74) is 0. The zero-order chi connectivity index (χ0) is 12.8. The Morgan fingerprint density at radius 1 is 1.41 bits per heavy atom. The molecule has 2 unspecified atom stereocenters. The number of carbonyl (C=O) groups excluding carboxylic acids is 1. The molecule has 0 spiro atoms. The molecule has 0 aromatic carbocycles. The summed E-state index contributed by atoms with van der Waals surface area (Å²) in [7, 11) is 0. The standard InChI is InChI=1S/C12H21NO4/c1-3-8(2)10(12(15)16)13-11(14)9-4-6-17-7-5-9/h8-10H,3-7H2,1-2H3,(H,13,14)(H,15,16). The van der Waals surface area contributed by atoms with Crippen molar-refractivity contribution in [3.63, 3.8) is 0 Å². The van der Waals surface area contributed by atoms with Crippen LogP contribution in [0.25, 0.3) is 0 Å². The number of aliphatic carboxylic acids is 1. The topological polar surface area (TPSA) is 75.6 Å². The number of carbonyl (C=O) groups is 2. The summed E-state index contributed by atoms with van der Waals surface area (Å²) in [6, 6.07) is -0.782. The van der Waals surface area contributed by atoms with Crippen LogP contribution in [0, 0.1) is 11.8 Å². The van der Waals surface area contributed by atoms with Gasteiger partial charge in [-0.2, -0.15) is 0 Å². The maximum atomic E-state index is 11.9. The molecule has 1 fully saturated rings. The molecule has 1 aliphatic heterocycles. The minimum absolute atomic E-state index is 0.0590. The van der Waals surface area contributed by atoms with E-state index < -0.39 is 12.0 Å². The van der Waals surface area contributed by atoms with Crippen molar-refractivity contribution in [1.82, 2.24) is 5.32 Å². The lowest BCUT2D eigenvalue weighted by Gasteiger charge is -2.25. The number of carboxylic acids is 1. The highest BCUT2D eigenvalue weighted by Crippen LogP contribution is 2.16. The molecule has 0 aliphatic carbocycles. The number of ether oxygens (including phenoxy) is 1. The predicted octanol–water partition coefficient (Wildman–Crippen LogP) is 1.03. The van der Waals surface area contributed by atoms with Gasteiger partial charge in [0, 0.05) is 19.1 Å². The highest BCUT2D eigenvalue weighted by molar-refractivity contribution is 5.85. The summed E-state index contributed by atoms with van der Waals surface area (Å²) in [6.45, 7) is 4.92. The van der Waals surface area contributed by atoms with E-state index in [9.17, 15) is 9.59 Å². The quantitative estimate of drug-likeness (QED) is 0.756. The molecule has 1 saturated heterocycles. The highest BCUT2D eigenvalue weighted by atomic mass is 16.5. The zero-order valence-electron chi connectivity index (χ0n) is 10.4. The summed E-state index contributed by atoms with van der Waals surface area (Å²) >= 11 is 0. The fourth-order valence-corrected chi connectivity index (χ4v) is 1.91. The number of carboxylic acid groups (broad SMARTS) is 1. The number of rotatable bonds is 5. The molecule has 1 heterocycles. The fourth-order valence-electron chi connectivity index (χ4n) is 1.91. The van der Waals surface area contributed by atoms with Crippen molar-refractivity contribution in [3.8, 4) is 0 Å². The van der Waals surface area contributed by atoms with E-state index in [0.717, 1.165) is 6.42 Å². The second kappa shape index (κ2) is 6.59. The average Bonchev–Trinajstić information content (AvgIpc) is 2.35. The lowest BCUT2D eigenvalue weighted by Crippen LogP contribution is -2.48. The van der Waals surface area contributed by atoms with Gasteiger partial charge in [-0.3, -0.25) is 4.79 Å². The molecule has 1 aliphatic rings. The van der Waals surface area contributed by atoms with Gasteiger partial charge in [-0.05, 0) is 18.8 Å². The van der Waals surface area contributed by atoms with E-state index >= 15 is 0 Å². The molecule has 0 saturated carbocycles. The van der Waals surface area contributed by atoms with Gasteiger partial charge in [0.25, 0.3) is 0 Å². The van der Waals surface area contributed by atoms with Crippen molar-refractivity contribution in [2.45, 2.75) is 39.2 Å². The van der Waals surface area contributed by atoms with Gasteiger partial charge >= 0.3 is 5.97 Å². The van der Waals surface area contributed by atoms with Gasteiger partial charge in [0.15, 0.2) is 0 Å². The van der Waals surface area contributed by atoms with Crippen LogP contribution in [0.4, 0.5) is 0 Å². The van der Waals surface area contributed by atoms with Gasteiger partial charge < -0.3 is 15.2 Å². The first-order valence-electron chi connectivity index (χ1n) is 6.17. The van der Waals surface area contributed by atoms with Crippen molar-refractivity contribution in [3.05, 3.63) is 0 Å². The van der Waals surface area contributed by atoms with Crippen LogP contribution in [0.3, 0.4) is 0 Å². The molecule has 1 rings (SSSR count). The van der Waals surface area contributed by atoms with Crippen molar-refractivity contribution >= 4 is 11.9 Å². The smallest absolute Gasteiger partial charge is 0.326 e. The minimum atomic E-state index is -0.959. The van der Waals surface area contributed by atoms with Crippen LogP contribution in [0.1, 0.15) is 33.1 Å². The Morgan fingerprint density at radius 3 is 2.47 bits per heavy atom. The third-order valence-electron chi connectivity index (χ3n) is 3.37. The molecule has 2 N–H and O–H groups in total. The van der Waals surface area contributed by atoms with E-state index in [1.54, 1.807) is 0 Å². The molecule has 0 radical (unpaired) electrons. The molecule has 2 atom stereocenters. The zero-order valence-corrected chi connectivity index (χ0v) is 10.4. The van der Waals surface area contributed by atoms with Crippen molar-refractivity contribution in [2.75, 3.05) is 13.2 Å². The Bertz CT molecular complexity index is 274. The molecule has 0 aromatic rings. The fraction of sp³-hybridized carbons (Fsp3) is 0.833. The first-order valence-corrected chi connectivity index (χ1v) is 6.17. The Labute approximate surface area is 102 Å². The number of nitrogens with one attached hydrogen (secondary N) is 1. The molecule has 5 nitrogen and oxygen atoms in total. The van der Waals surface area contributed by atoms with Gasteiger partial charge in [-0.25, -0.2) is 4.79 Å². The van der Waals surface area contributed by atoms with Crippen molar-refractivity contribution in [2.24, 2.45) is 11.8 Å². The van der Waals surface area contributed by atoms with Crippen LogP contribution >= 0.6 is 0 Å². The lowest BCUT2D eigenvalue weighted by molar-refractivity contribution is -0.144. The van der Waals surface area contributed by atoms with E-state index in [0.29, 0.717) is 26.1 Å². The Hall–Kier alpha value is -1.10. The van der Waals surface area contributed by atoms with Crippen LogP contribution in [-0.2, 0) is 14.3 Å². The highest BCUT2D eigenvalue weighted by Gasteiger charge is 2.29. The number of amides is 1. The molecular formula is C12H21NO4. The first-order chi connectivity index (χ1) is 8.06. The van der Waals surface area contributed by atoms with Gasteiger partial charge in [0.1, 0.15) is 6.04 Å². The second-order valence-corrected chi connectivity index (χ2v) is 4.60. The molecule has 98 valence electrons. The van der Waals surface area contributed by atoms with E-state index in [2.05, 4.69) is 5.32 Å². The summed E-state index contributed by atoms with van der Waals surface area (Å²) in [5, 5.41) is 11.7. The maximum Gasteiger partial charge on any atom is 0.326 e. The monoisotopic (exact) mass is 243 g/mol. The van der Waals surface area contributed by atoms with E-state index in [1.165, 1.54) is 0 Å². The predicted molar refractivity (Wildman–Crippen MR) is 62.6 cm³/mol. The molecule has 17 heavy (non-hydrogen) atoms. The van der Waals surface area contributed by atoms with E-state index in [-0.39, 0.29) is 17.7 Å².